The fraction of sp³-hybridized carbons (Fsp3) is 0.833. The van der Waals surface area contributed by atoms with Crippen LogP contribution in [0.25, 0.3) is 0 Å². The third kappa shape index (κ3) is 4.98. The molecule has 2 aliphatic rings. The van der Waals surface area contributed by atoms with E-state index in [1.165, 1.54) is 0 Å². The number of aliphatic hydroxyl groups excluding tert-OH is 8. The van der Waals surface area contributed by atoms with Gasteiger partial charge in [-0.15, -0.1) is 8.42 Å². The molecule has 2 heterocycles. The molecule has 168 valence electrons. The number of aliphatic hydroxyl groups is 8. The average molecular weight is 450 g/mol. The lowest BCUT2D eigenvalue weighted by Crippen LogP contribution is -2.60. The van der Waals surface area contributed by atoms with Gasteiger partial charge in [-0.2, -0.15) is 0 Å². The second-order valence-corrected chi connectivity index (χ2v) is 7.20. The van der Waals surface area contributed by atoms with Crippen molar-refractivity contribution in [3.63, 3.8) is 0 Å². The van der Waals surface area contributed by atoms with E-state index in [0.717, 1.165) is 0 Å². The highest BCUT2D eigenvalue weighted by atomic mass is 32.3. The molecule has 0 spiro atoms. The molecule has 0 saturated carbocycles. The van der Waals surface area contributed by atoms with Crippen molar-refractivity contribution in [1.82, 2.24) is 0 Å². The normalized spacial score (nSPS) is 43.4. The number of carbonyl (C=O) groups is 2. The van der Waals surface area contributed by atoms with Crippen LogP contribution in [0.3, 0.4) is 0 Å². The third-order valence-electron chi connectivity index (χ3n) is 4.01. The molecule has 0 aromatic rings. The molecule has 2 rings (SSSR count). The zero-order chi connectivity index (χ0) is 22.3. The summed E-state index contributed by atoms with van der Waals surface area (Å²) in [5, 5.41) is 75.3. The van der Waals surface area contributed by atoms with Gasteiger partial charge in [-0.3, -0.25) is 0 Å². The van der Waals surface area contributed by atoms with Crippen LogP contribution in [0, 0.1) is 0 Å². The summed E-state index contributed by atoms with van der Waals surface area (Å²) >= 11 is 0. The van der Waals surface area contributed by atoms with E-state index in [-0.39, 0.29) is 0 Å². The van der Waals surface area contributed by atoms with Gasteiger partial charge in [0.2, 0.25) is 0 Å². The van der Waals surface area contributed by atoms with Crippen LogP contribution in [0.4, 0.5) is 0 Å². The molecular weight excluding hydrogens is 432 g/mol. The van der Waals surface area contributed by atoms with Gasteiger partial charge in [0.05, 0.1) is 0 Å². The molecule has 17 heteroatoms. The lowest BCUT2D eigenvalue weighted by Gasteiger charge is -2.37. The molecule has 2 fully saturated rings. The largest absolute Gasteiger partial charge is 0.506 e. The topological polar surface area (TPSA) is 267 Å². The summed E-state index contributed by atoms with van der Waals surface area (Å²) in [5.74, 6) is -3.92. The maximum Gasteiger partial charge on any atom is 0.506 e. The van der Waals surface area contributed by atoms with Crippen molar-refractivity contribution in [2.75, 3.05) is 0 Å². The molecule has 8 N–H and O–H groups in total. The maximum atomic E-state index is 11.8. The van der Waals surface area contributed by atoms with Crippen LogP contribution >= 0.6 is 0 Å². The Balaban J connectivity index is 2.04. The molecule has 0 radical (unpaired) electrons. The van der Waals surface area contributed by atoms with Crippen LogP contribution < -0.4 is 0 Å². The molecule has 10 atom stereocenters. The lowest BCUT2D eigenvalue weighted by atomic mass is 9.99. The summed E-state index contributed by atoms with van der Waals surface area (Å²) < 4.78 is 39.9. The van der Waals surface area contributed by atoms with Crippen molar-refractivity contribution in [3.8, 4) is 0 Å². The average Bonchev–Trinajstić information content (AvgIpc) is 2.63. The molecule has 0 amide bonds. The second kappa shape index (κ2) is 8.70. The van der Waals surface area contributed by atoms with E-state index in [9.17, 15) is 58.9 Å². The zero-order valence-electron chi connectivity index (χ0n) is 14.0. The van der Waals surface area contributed by atoms with Crippen molar-refractivity contribution in [2.45, 2.75) is 61.4 Å². The number of carbonyl (C=O) groups excluding carboxylic acids is 2. The predicted molar refractivity (Wildman–Crippen MR) is 78.9 cm³/mol. The van der Waals surface area contributed by atoms with Crippen LogP contribution in [0.5, 0.6) is 0 Å². The molecule has 0 aliphatic carbocycles. The molecule has 16 nitrogen and oxygen atoms in total. The number of hydrogen-bond donors (Lipinski definition) is 8. The minimum atomic E-state index is -5.56. The fourth-order valence-electron chi connectivity index (χ4n) is 2.42. The maximum absolute atomic E-state index is 11.8. The van der Waals surface area contributed by atoms with Crippen molar-refractivity contribution in [2.24, 2.45) is 0 Å². The minimum Gasteiger partial charge on any atom is -0.387 e. The van der Waals surface area contributed by atoms with E-state index in [0.29, 0.717) is 0 Å². The molecule has 0 bridgehead atoms. The Kier molecular flexibility index (Phi) is 7.13. The Hall–Kier alpha value is -1.51. The number of ether oxygens (including phenoxy) is 2. The van der Waals surface area contributed by atoms with Crippen LogP contribution in [0.15, 0.2) is 0 Å². The summed E-state index contributed by atoms with van der Waals surface area (Å²) in [4.78, 5) is 23.6. The monoisotopic (exact) mass is 450 g/mol. The summed E-state index contributed by atoms with van der Waals surface area (Å²) in [5.41, 5.74) is 0. The summed E-state index contributed by atoms with van der Waals surface area (Å²) in [7, 11) is -5.56. The van der Waals surface area contributed by atoms with E-state index in [2.05, 4.69) is 17.8 Å². The Labute approximate surface area is 161 Å². The quantitative estimate of drug-likeness (QED) is 0.198. The van der Waals surface area contributed by atoms with Gasteiger partial charge in [-0.1, -0.05) is 0 Å². The van der Waals surface area contributed by atoms with Gasteiger partial charge in [0.1, 0.15) is 36.6 Å². The SMILES string of the molecule is O=C(OS(=O)(=O)OC(=O)C1OC(O)C(O)C(O)C1O)C1OC(O)C(O)C(O)C1O. The number of hydrogen-bond acceptors (Lipinski definition) is 16. The molecule has 10 unspecified atom stereocenters. The number of rotatable bonds is 4. The van der Waals surface area contributed by atoms with Crippen LogP contribution in [0.2, 0.25) is 0 Å². The van der Waals surface area contributed by atoms with Gasteiger partial charge in [-0.25, -0.2) is 9.59 Å². The molecule has 0 aromatic heterocycles. The van der Waals surface area contributed by atoms with Crippen molar-refractivity contribution < 1.29 is 76.7 Å². The van der Waals surface area contributed by atoms with E-state index >= 15 is 0 Å². The molecule has 0 aromatic carbocycles. The summed E-state index contributed by atoms with van der Waals surface area (Å²) in [6.07, 6.45) is -21.8. The van der Waals surface area contributed by atoms with Gasteiger partial charge in [0.25, 0.3) is 0 Å². The molecule has 29 heavy (non-hydrogen) atoms. The standard InChI is InChI=1S/C12H18O16S/c13-1-3(15)7(25-9(19)5(1)17)11(21)27-29(23,24)28-12(22)8-4(16)2(14)6(18)10(20)26-8/h1-10,13-20H. The molecule has 2 aliphatic heterocycles. The van der Waals surface area contributed by atoms with Crippen molar-refractivity contribution >= 4 is 22.3 Å². The first kappa shape index (κ1) is 23.8. The van der Waals surface area contributed by atoms with E-state index in [1.54, 1.807) is 0 Å². The minimum absolute atomic E-state index is 1.96. The summed E-state index contributed by atoms with van der Waals surface area (Å²) in [6, 6.07) is 0. The smallest absolute Gasteiger partial charge is 0.387 e. The highest BCUT2D eigenvalue weighted by molar-refractivity contribution is 7.82. The highest BCUT2D eigenvalue weighted by Gasteiger charge is 2.50. The van der Waals surface area contributed by atoms with Crippen LogP contribution in [-0.2, 0) is 37.8 Å². The molecule has 2 saturated heterocycles. The second-order valence-electron chi connectivity index (χ2n) is 6.05. The predicted octanol–water partition coefficient (Wildman–Crippen LogP) is -7.08. The first-order valence-electron chi connectivity index (χ1n) is 7.74. The first-order chi connectivity index (χ1) is 13.3. The van der Waals surface area contributed by atoms with Crippen LogP contribution in [-0.4, -0.2) is 123 Å². The van der Waals surface area contributed by atoms with E-state index in [1.807, 2.05) is 0 Å². The summed E-state index contributed by atoms with van der Waals surface area (Å²) in [6.45, 7) is 0. The van der Waals surface area contributed by atoms with Crippen LogP contribution in [0.1, 0.15) is 0 Å². The lowest BCUT2D eigenvalue weighted by molar-refractivity contribution is -0.280. The molecular formula is C12H18O16S. The highest BCUT2D eigenvalue weighted by Crippen LogP contribution is 2.23. The Bertz CT molecular complexity index is 669. The zero-order valence-corrected chi connectivity index (χ0v) is 14.8. The first-order valence-corrected chi connectivity index (χ1v) is 9.07. The van der Waals surface area contributed by atoms with Gasteiger partial charge in [0.15, 0.2) is 24.8 Å². The van der Waals surface area contributed by atoms with Gasteiger partial charge in [0, 0.05) is 0 Å². The third-order valence-corrected chi connectivity index (χ3v) is 4.75. The van der Waals surface area contributed by atoms with Gasteiger partial charge >= 0.3 is 22.3 Å². The van der Waals surface area contributed by atoms with Gasteiger partial charge < -0.3 is 58.7 Å². The van der Waals surface area contributed by atoms with Crippen molar-refractivity contribution in [1.29, 1.82) is 0 Å². The Morgan fingerprint density at radius 3 is 1.21 bits per heavy atom. The Morgan fingerprint density at radius 2 is 0.897 bits per heavy atom. The Morgan fingerprint density at radius 1 is 0.586 bits per heavy atom. The van der Waals surface area contributed by atoms with E-state index < -0.39 is 83.7 Å². The van der Waals surface area contributed by atoms with Gasteiger partial charge in [-0.05, 0) is 0 Å². The fourth-order valence-corrected chi connectivity index (χ4v) is 3.05. The van der Waals surface area contributed by atoms with E-state index in [4.69, 9.17) is 0 Å². The van der Waals surface area contributed by atoms with Crippen molar-refractivity contribution in [3.05, 3.63) is 0 Å².